The van der Waals surface area contributed by atoms with Gasteiger partial charge >= 0.3 is 5.97 Å². The van der Waals surface area contributed by atoms with Crippen LogP contribution in [0.5, 0.6) is 0 Å². The Kier molecular flexibility index (Phi) is 13.0. The second kappa shape index (κ2) is 13.4. The molecular weight excluding hydrogens is 254 g/mol. The van der Waals surface area contributed by atoms with E-state index in [4.69, 9.17) is 9.47 Å². The fourth-order valence-corrected chi connectivity index (χ4v) is 2.03. The molecule has 1 atom stereocenters. The maximum atomic E-state index is 11.8. The Labute approximate surface area is 124 Å². The van der Waals surface area contributed by atoms with E-state index in [-0.39, 0.29) is 18.1 Å². The normalized spacial score (nSPS) is 12.7. The molecule has 4 nitrogen and oxygen atoms in total. The Morgan fingerprint density at radius 2 is 1.75 bits per heavy atom. The summed E-state index contributed by atoms with van der Waals surface area (Å²) in [5.41, 5.74) is 0. The van der Waals surface area contributed by atoms with Crippen molar-refractivity contribution in [3.8, 4) is 0 Å². The number of esters is 1. The predicted octanol–water partition coefficient (Wildman–Crippen LogP) is 3.29. The van der Waals surface area contributed by atoms with Crippen molar-refractivity contribution in [2.24, 2.45) is 0 Å². The summed E-state index contributed by atoms with van der Waals surface area (Å²) in [7, 11) is 0. The Hall–Kier alpha value is -0.610. The van der Waals surface area contributed by atoms with Gasteiger partial charge in [0.15, 0.2) is 0 Å². The van der Waals surface area contributed by atoms with Gasteiger partial charge in [-0.15, -0.1) is 0 Å². The molecule has 0 radical (unpaired) electrons. The van der Waals surface area contributed by atoms with Gasteiger partial charge in [-0.05, 0) is 19.8 Å². The van der Waals surface area contributed by atoms with Crippen LogP contribution < -0.4 is 5.32 Å². The van der Waals surface area contributed by atoms with E-state index in [0.29, 0.717) is 19.6 Å². The Morgan fingerprint density at radius 1 is 1.05 bits per heavy atom. The van der Waals surface area contributed by atoms with E-state index in [0.717, 1.165) is 13.0 Å². The molecule has 120 valence electrons. The van der Waals surface area contributed by atoms with Crippen molar-refractivity contribution in [1.29, 1.82) is 0 Å². The van der Waals surface area contributed by atoms with Crippen molar-refractivity contribution >= 4 is 5.97 Å². The van der Waals surface area contributed by atoms with Crippen LogP contribution in [-0.4, -0.2) is 37.9 Å². The summed E-state index contributed by atoms with van der Waals surface area (Å²) >= 11 is 0. The zero-order valence-corrected chi connectivity index (χ0v) is 13.7. The smallest absolute Gasteiger partial charge is 0.323 e. The molecule has 0 saturated carbocycles. The quantitative estimate of drug-likeness (QED) is 0.417. The molecule has 0 spiro atoms. The van der Waals surface area contributed by atoms with Gasteiger partial charge in [0, 0.05) is 19.3 Å². The highest BCUT2D eigenvalue weighted by Crippen LogP contribution is 2.03. The zero-order chi connectivity index (χ0) is 15.2. The van der Waals surface area contributed by atoms with Crippen molar-refractivity contribution in [2.75, 3.05) is 19.8 Å². The van der Waals surface area contributed by atoms with Crippen molar-refractivity contribution in [3.05, 3.63) is 0 Å². The molecule has 0 bridgehead atoms. The molecule has 0 heterocycles. The Bertz CT molecular complexity index is 232. The van der Waals surface area contributed by atoms with Crippen LogP contribution in [0.4, 0.5) is 0 Å². The lowest BCUT2D eigenvalue weighted by Gasteiger charge is -2.19. The number of hydrogen-bond donors (Lipinski definition) is 1. The number of nitrogens with one attached hydrogen (secondary N) is 1. The molecule has 0 rings (SSSR count). The SMILES string of the molecule is CCCCCCCOCCC(NC(C)C)C(=O)OCC. The lowest BCUT2D eigenvalue weighted by Crippen LogP contribution is -2.42. The fourth-order valence-electron chi connectivity index (χ4n) is 2.03. The summed E-state index contributed by atoms with van der Waals surface area (Å²) in [5, 5.41) is 3.23. The molecule has 0 aliphatic rings. The summed E-state index contributed by atoms with van der Waals surface area (Å²) in [4.78, 5) is 11.8. The van der Waals surface area contributed by atoms with Gasteiger partial charge in [0.05, 0.1) is 6.61 Å². The largest absolute Gasteiger partial charge is 0.465 e. The molecule has 0 aromatic carbocycles. The summed E-state index contributed by atoms with van der Waals surface area (Å²) in [6, 6.07) is 0.00786. The molecule has 0 amide bonds. The second-order valence-corrected chi connectivity index (χ2v) is 5.44. The van der Waals surface area contributed by atoms with Crippen LogP contribution in [-0.2, 0) is 14.3 Å². The highest BCUT2D eigenvalue weighted by atomic mass is 16.5. The van der Waals surface area contributed by atoms with Crippen LogP contribution in [0.3, 0.4) is 0 Å². The highest BCUT2D eigenvalue weighted by Gasteiger charge is 2.19. The zero-order valence-electron chi connectivity index (χ0n) is 13.7. The van der Waals surface area contributed by atoms with Crippen LogP contribution in [0.25, 0.3) is 0 Å². The lowest BCUT2D eigenvalue weighted by molar-refractivity contribution is -0.146. The van der Waals surface area contributed by atoms with Gasteiger partial charge in [0.25, 0.3) is 0 Å². The first-order valence-corrected chi connectivity index (χ1v) is 8.12. The number of carbonyl (C=O) groups is 1. The van der Waals surface area contributed by atoms with E-state index in [2.05, 4.69) is 12.2 Å². The molecule has 0 aliphatic heterocycles. The molecule has 0 aliphatic carbocycles. The van der Waals surface area contributed by atoms with E-state index in [1.165, 1.54) is 25.7 Å². The minimum atomic E-state index is -0.255. The number of hydrogen-bond acceptors (Lipinski definition) is 4. The van der Waals surface area contributed by atoms with Gasteiger partial charge in [-0.1, -0.05) is 46.5 Å². The molecular formula is C16H33NO3. The van der Waals surface area contributed by atoms with Gasteiger partial charge < -0.3 is 14.8 Å². The number of rotatable bonds is 13. The average Bonchev–Trinajstić information content (AvgIpc) is 2.40. The summed E-state index contributed by atoms with van der Waals surface area (Å²) in [5.74, 6) is -0.173. The van der Waals surface area contributed by atoms with Crippen LogP contribution in [0.15, 0.2) is 0 Å². The molecule has 0 aromatic rings. The topological polar surface area (TPSA) is 47.6 Å². The van der Waals surface area contributed by atoms with Crippen LogP contribution in [0, 0.1) is 0 Å². The van der Waals surface area contributed by atoms with Crippen molar-refractivity contribution in [3.63, 3.8) is 0 Å². The minimum absolute atomic E-state index is 0.173. The van der Waals surface area contributed by atoms with Crippen LogP contribution in [0.1, 0.15) is 66.2 Å². The summed E-state index contributed by atoms with van der Waals surface area (Å²) < 4.78 is 10.7. The average molecular weight is 287 g/mol. The monoisotopic (exact) mass is 287 g/mol. The van der Waals surface area contributed by atoms with Gasteiger partial charge in [-0.25, -0.2) is 0 Å². The van der Waals surface area contributed by atoms with Crippen LogP contribution in [0.2, 0.25) is 0 Å². The Balaban J connectivity index is 3.71. The molecule has 20 heavy (non-hydrogen) atoms. The summed E-state index contributed by atoms with van der Waals surface area (Å²) in [6.45, 7) is 9.93. The van der Waals surface area contributed by atoms with Crippen molar-refractivity contribution in [1.82, 2.24) is 5.32 Å². The first kappa shape index (κ1) is 19.4. The molecule has 0 saturated heterocycles. The predicted molar refractivity (Wildman–Crippen MR) is 82.9 cm³/mol. The fraction of sp³-hybridized carbons (Fsp3) is 0.938. The minimum Gasteiger partial charge on any atom is -0.465 e. The molecule has 4 heteroatoms. The van der Waals surface area contributed by atoms with E-state index < -0.39 is 0 Å². The van der Waals surface area contributed by atoms with E-state index in [9.17, 15) is 4.79 Å². The highest BCUT2D eigenvalue weighted by molar-refractivity contribution is 5.75. The third-order valence-electron chi connectivity index (χ3n) is 3.05. The molecule has 1 unspecified atom stereocenters. The molecule has 1 N–H and O–H groups in total. The first-order valence-electron chi connectivity index (χ1n) is 8.12. The third kappa shape index (κ3) is 11.2. The Morgan fingerprint density at radius 3 is 2.35 bits per heavy atom. The van der Waals surface area contributed by atoms with E-state index in [1.807, 2.05) is 20.8 Å². The maximum absolute atomic E-state index is 11.8. The van der Waals surface area contributed by atoms with Crippen molar-refractivity contribution < 1.29 is 14.3 Å². The van der Waals surface area contributed by atoms with Gasteiger partial charge in [-0.2, -0.15) is 0 Å². The molecule has 0 fully saturated rings. The summed E-state index contributed by atoms with van der Waals surface area (Å²) in [6.07, 6.45) is 6.89. The van der Waals surface area contributed by atoms with Gasteiger partial charge in [0.1, 0.15) is 6.04 Å². The lowest BCUT2D eigenvalue weighted by atomic mass is 10.1. The maximum Gasteiger partial charge on any atom is 0.323 e. The van der Waals surface area contributed by atoms with Gasteiger partial charge in [0.2, 0.25) is 0 Å². The van der Waals surface area contributed by atoms with E-state index in [1.54, 1.807) is 0 Å². The standard InChI is InChI=1S/C16H33NO3/c1-5-7-8-9-10-12-19-13-11-15(17-14(3)4)16(18)20-6-2/h14-15,17H,5-13H2,1-4H3. The number of unbranched alkanes of at least 4 members (excludes halogenated alkanes) is 4. The molecule has 0 aromatic heterocycles. The number of carbonyl (C=O) groups excluding carboxylic acids is 1. The van der Waals surface area contributed by atoms with Crippen molar-refractivity contribution in [2.45, 2.75) is 78.3 Å². The number of ether oxygens (including phenoxy) is 2. The second-order valence-electron chi connectivity index (χ2n) is 5.44. The van der Waals surface area contributed by atoms with Crippen LogP contribution >= 0.6 is 0 Å². The van der Waals surface area contributed by atoms with E-state index >= 15 is 0 Å². The third-order valence-corrected chi connectivity index (χ3v) is 3.05. The first-order chi connectivity index (χ1) is 9.61. The van der Waals surface area contributed by atoms with Gasteiger partial charge in [-0.3, -0.25) is 4.79 Å².